The summed E-state index contributed by atoms with van der Waals surface area (Å²) in [4.78, 5) is 30.0. The van der Waals surface area contributed by atoms with Crippen LogP contribution in [0.15, 0.2) is 24.4 Å². The average Bonchev–Trinajstić information content (AvgIpc) is 2.67. The summed E-state index contributed by atoms with van der Waals surface area (Å²) in [5, 5.41) is 8.98. The van der Waals surface area contributed by atoms with Crippen molar-refractivity contribution < 1.29 is 14.7 Å². The molecule has 0 bridgehead atoms. The molecule has 1 N–H and O–H groups in total. The summed E-state index contributed by atoms with van der Waals surface area (Å²) in [5.74, 6) is -1.00. The van der Waals surface area contributed by atoms with Crippen molar-refractivity contribution in [1.29, 1.82) is 0 Å². The van der Waals surface area contributed by atoms with Crippen LogP contribution in [0.3, 0.4) is 0 Å². The molecule has 0 spiro atoms. The number of carboxylic acids is 1. The molecule has 2 rings (SSSR count). The Labute approximate surface area is 105 Å². The van der Waals surface area contributed by atoms with E-state index in [0.717, 1.165) is 5.69 Å². The molecule has 1 aliphatic rings. The zero-order valence-corrected chi connectivity index (χ0v) is 10.3. The van der Waals surface area contributed by atoms with Crippen molar-refractivity contribution in [1.82, 2.24) is 14.8 Å². The molecule has 1 aromatic heterocycles. The van der Waals surface area contributed by atoms with Gasteiger partial charge in [-0.2, -0.15) is 0 Å². The Kier molecular flexibility index (Phi) is 3.18. The molecule has 2 amide bonds. The molecule has 1 aliphatic heterocycles. The summed E-state index contributed by atoms with van der Waals surface area (Å²) in [5.41, 5.74) is 0.772. The van der Waals surface area contributed by atoms with Crippen LogP contribution in [0.2, 0.25) is 0 Å². The summed E-state index contributed by atoms with van der Waals surface area (Å²) < 4.78 is 0. The third-order valence-electron chi connectivity index (χ3n) is 3.24. The molecule has 96 valence electrons. The van der Waals surface area contributed by atoms with E-state index in [-0.39, 0.29) is 12.1 Å². The van der Waals surface area contributed by atoms with Crippen LogP contribution < -0.4 is 0 Å². The zero-order valence-electron chi connectivity index (χ0n) is 10.3. The maximum absolute atomic E-state index is 12.0. The lowest BCUT2D eigenvalue weighted by molar-refractivity contribution is -0.141. The van der Waals surface area contributed by atoms with Gasteiger partial charge in [0.2, 0.25) is 0 Å². The minimum atomic E-state index is -1.00. The lowest BCUT2D eigenvalue weighted by atomic mass is 10.2. The number of carboxylic acid groups (broad SMARTS) is 1. The number of pyridine rings is 1. The summed E-state index contributed by atoms with van der Waals surface area (Å²) in [6.45, 7) is 1.86. The van der Waals surface area contributed by atoms with E-state index >= 15 is 0 Å². The predicted octanol–water partition coefficient (Wildman–Crippen LogP) is 0.963. The second-order valence-electron chi connectivity index (χ2n) is 4.33. The van der Waals surface area contributed by atoms with Crippen LogP contribution in [0.4, 0.5) is 4.79 Å². The van der Waals surface area contributed by atoms with E-state index in [9.17, 15) is 9.59 Å². The number of aromatic nitrogens is 1. The Morgan fingerprint density at radius 1 is 1.56 bits per heavy atom. The van der Waals surface area contributed by atoms with Gasteiger partial charge in [0.1, 0.15) is 6.04 Å². The first-order chi connectivity index (χ1) is 8.52. The molecule has 1 saturated heterocycles. The number of amides is 2. The monoisotopic (exact) mass is 249 g/mol. The van der Waals surface area contributed by atoms with Gasteiger partial charge < -0.3 is 14.9 Å². The first-order valence-electron chi connectivity index (χ1n) is 5.69. The van der Waals surface area contributed by atoms with Crippen LogP contribution in [0, 0.1) is 0 Å². The quantitative estimate of drug-likeness (QED) is 0.866. The number of aliphatic carboxylic acids is 1. The van der Waals surface area contributed by atoms with Crippen LogP contribution in [0.5, 0.6) is 0 Å². The fraction of sp³-hybridized carbons (Fsp3) is 0.417. The molecule has 0 saturated carbocycles. The lowest BCUT2D eigenvalue weighted by Crippen LogP contribution is -2.41. The van der Waals surface area contributed by atoms with Crippen molar-refractivity contribution in [3.05, 3.63) is 30.1 Å². The van der Waals surface area contributed by atoms with Crippen LogP contribution >= 0.6 is 0 Å². The summed E-state index contributed by atoms with van der Waals surface area (Å²) in [6.07, 6.45) is 1.66. The first-order valence-corrected chi connectivity index (χ1v) is 5.69. The minimum absolute atomic E-state index is 0.194. The van der Waals surface area contributed by atoms with Crippen LogP contribution in [0.1, 0.15) is 18.7 Å². The molecule has 2 unspecified atom stereocenters. The second-order valence-corrected chi connectivity index (χ2v) is 4.33. The van der Waals surface area contributed by atoms with E-state index < -0.39 is 12.0 Å². The first kappa shape index (κ1) is 12.3. The summed E-state index contributed by atoms with van der Waals surface area (Å²) in [6, 6.07) is 4.19. The van der Waals surface area contributed by atoms with Crippen LogP contribution in [-0.4, -0.2) is 51.5 Å². The maximum atomic E-state index is 12.0. The van der Waals surface area contributed by atoms with Crippen LogP contribution in [-0.2, 0) is 4.79 Å². The highest BCUT2D eigenvalue weighted by Crippen LogP contribution is 2.27. The molecular formula is C12H15N3O3. The topological polar surface area (TPSA) is 73.7 Å². The van der Waals surface area contributed by atoms with Crippen molar-refractivity contribution in [3.63, 3.8) is 0 Å². The zero-order chi connectivity index (χ0) is 13.3. The Morgan fingerprint density at radius 3 is 2.83 bits per heavy atom. The standard InChI is InChI=1S/C12H15N3O3/c1-8(11(16)17)15-7-10(14(2)12(15)18)9-5-3-4-6-13-9/h3-6,8,10H,7H2,1-2H3,(H,16,17). The fourth-order valence-electron chi connectivity index (χ4n) is 2.04. The number of carbonyl (C=O) groups excluding carboxylic acids is 1. The Morgan fingerprint density at radius 2 is 2.28 bits per heavy atom. The maximum Gasteiger partial charge on any atom is 0.326 e. The summed E-state index contributed by atoms with van der Waals surface area (Å²) in [7, 11) is 1.66. The Bertz CT molecular complexity index is 463. The van der Waals surface area contributed by atoms with E-state index in [1.807, 2.05) is 12.1 Å². The van der Waals surface area contributed by atoms with E-state index in [4.69, 9.17) is 5.11 Å². The molecule has 1 fully saturated rings. The van der Waals surface area contributed by atoms with E-state index in [0.29, 0.717) is 6.54 Å². The van der Waals surface area contributed by atoms with Crippen molar-refractivity contribution >= 4 is 12.0 Å². The van der Waals surface area contributed by atoms with Gasteiger partial charge in [0.05, 0.1) is 11.7 Å². The SMILES string of the molecule is CC(C(=O)O)N1CC(c2ccccn2)N(C)C1=O. The van der Waals surface area contributed by atoms with Gasteiger partial charge in [-0.3, -0.25) is 4.98 Å². The van der Waals surface area contributed by atoms with Gasteiger partial charge >= 0.3 is 12.0 Å². The largest absolute Gasteiger partial charge is 0.480 e. The van der Waals surface area contributed by atoms with Gasteiger partial charge in [-0.05, 0) is 19.1 Å². The van der Waals surface area contributed by atoms with E-state index in [1.165, 1.54) is 16.7 Å². The number of urea groups is 1. The number of carbonyl (C=O) groups is 2. The molecule has 2 atom stereocenters. The number of hydrogen-bond acceptors (Lipinski definition) is 3. The molecule has 6 nitrogen and oxygen atoms in total. The normalized spacial score (nSPS) is 21.2. The van der Waals surface area contributed by atoms with Gasteiger partial charge in [-0.15, -0.1) is 0 Å². The predicted molar refractivity (Wildman–Crippen MR) is 63.9 cm³/mol. The van der Waals surface area contributed by atoms with Crippen LogP contribution in [0.25, 0.3) is 0 Å². The third kappa shape index (κ3) is 2.01. The number of hydrogen-bond donors (Lipinski definition) is 1. The van der Waals surface area contributed by atoms with Gasteiger partial charge in [0, 0.05) is 19.8 Å². The molecule has 2 heterocycles. The Hall–Kier alpha value is -2.11. The van der Waals surface area contributed by atoms with Crippen molar-refractivity contribution in [2.45, 2.75) is 19.0 Å². The van der Waals surface area contributed by atoms with Gasteiger partial charge in [0.25, 0.3) is 0 Å². The van der Waals surface area contributed by atoms with Crippen molar-refractivity contribution in [2.24, 2.45) is 0 Å². The highest BCUT2D eigenvalue weighted by molar-refractivity contribution is 5.84. The molecule has 18 heavy (non-hydrogen) atoms. The molecule has 0 aromatic carbocycles. The van der Waals surface area contributed by atoms with E-state index in [2.05, 4.69) is 4.98 Å². The van der Waals surface area contributed by atoms with Crippen molar-refractivity contribution in [3.8, 4) is 0 Å². The number of nitrogens with zero attached hydrogens (tertiary/aromatic N) is 3. The third-order valence-corrected chi connectivity index (χ3v) is 3.24. The Balaban J connectivity index is 2.22. The number of rotatable bonds is 3. The molecular weight excluding hydrogens is 234 g/mol. The number of likely N-dealkylation sites (N-methyl/N-ethyl adjacent to an activating group) is 1. The highest BCUT2D eigenvalue weighted by atomic mass is 16.4. The lowest BCUT2D eigenvalue weighted by Gasteiger charge is -2.19. The minimum Gasteiger partial charge on any atom is -0.480 e. The summed E-state index contributed by atoms with van der Waals surface area (Å²) >= 11 is 0. The van der Waals surface area contributed by atoms with Gasteiger partial charge in [0.15, 0.2) is 0 Å². The molecule has 6 heteroatoms. The van der Waals surface area contributed by atoms with Crippen molar-refractivity contribution in [2.75, 3.05) is 13.6 Å². The fourth-order valence-corrected chi connectivity index (χ4v) is 2.04. The molecule has 0 aliphatic carbocycles. The average molecular weight is 249 g/mol. The van der Waals surface area contributed by atoms with Gasteiger partial charge in [-0.25, -0.2) is 9.59 Å². The molecule has 0 radical (unpaired) electrons. The second kappa shape index (κ2) is 4.64. The smallest absolute Gasteiger partial charge is 0.326 e. The highest BCUT2D eigenvalue weighted by Gasteiger charge is 2.40. The molecule has 1 aromatic rings. The van der Waals surface area contributed by atoms with E-state index in [1.54, 1.807) is 19.3 Å². The van der Waals surface area contributed by atoms with Gasteiger partial charge in [-0.1, -0.05) is 6.07 Å².